The van der Waals surface area contributed by atoms with Crippen molar-refractivity contribution in [2.75, 3.05) is 33.3 Å². The predicted octanol–water partition coefficient (Wildman–Crippen LogP) is 1.50. The van der Waals surface area contributed by atoms with Crippen LogP contribution in [-0.4, -0.2) is 56.1 Å². The van der Waals surface area contributed by atoms with Crippen LogP contribution in [0.4, 0.5) is 0 Å². The lowest BCUT2D eigenvalue weighted by atomic mass is 10.3. The van der Waals surface area contributed by atoms with Crippen LogP contribution in [0.25, 0.3) is 0 Å². The SMILES string of the molecule is COc1ccc(S(=O)(=O)N2CCN(Cc3cc(C)on3)CC2)cc1. The lowest BCUT2D eigenvalue weighted by Gasteiger charge is -2.33. The first-order chi connectivity index (χ1) is 11.5. The molecule has 130 valence electrons. The molecule has 0 saturated carbocycles. The second-order valence-electron chi connectivity index (χ2n) is 5.78. The first kappa shape index (κ1) is 16.9. The van der Waals surface area contributed by atoms with Crippen molar-refractivity contribution in [3.63, 3.8) is 0 Å². The first-order valence-corrected chi connectivity index (χ1v) is 9.22. The molecule has 8 heteroatoms. The Kier molecular flexibility index (Phi) is 4.88. The number of piperazine rings is 1. The van der Waals surface area contributed by atoms with Gasteiger partial charge in [-0.25, -0.2) is 8.42 Å². The Morgan fingerprint density at radius 3 is 2.38 bits per heavy atom. The molecule has 0 bridgehead atoms. The number of aryl methyl sites for hydroxylation is 1. The molecule has 0 aliphatic carbocycles. The van der Waals surface area contributed by atoms with E-state index < -0.39 is 10.0 Å². The number of aromatic nitrogens is 1. The van der Waals surface area contributed by atoms with Gasteiger partial charge in [0.2, 0.25) is 10.0 Å². The van der Waals surface area contributed by atoms with E-state index in [9.17, 15) is 8.42 Å². The average Bonchev–Trinajstić information content (AvgIpc) is 3.00. The van der Waals surface area contributed by atoms with Crippen molar-refractivity contribution < 1.29 is 17.7 Å². The van der Waals surface area contributed by atoms with Crippen molar-refractivity contribution in [3.8, 4) is 5.75 Å². The molecule has 1 aromatic heterocycles. The fourth-order valence-corrected chi connectivity index (χ4v) is 4.17. The number of rotatable bonds is 5. The van der Waals surface area contributed by atoms with Crippen molar-refractivity contribution in [2.24, 2.45) is 0 Å². The van der Waals surface area contributed by atoms with E-state index in [4.69, 9.17) is 9.26 Å². The Hall–Kier alpha value is -1.90. The van der Waals surface area contributed by atoms with Gasteiger partial charge in [0.25, 0.3) is 0 Å². The highest BCUT2D eigenvalue weighted by Gasteiger charge is 2.28. The Bertz CT molecular complexity index is 778. The fraction of sp³-hybridized carbons (Fsp3) is 0.438. The van der Waals surface area contributed by atoms with Crippen molar-refractivity contribution in [1.29, 1.82) is 0 Å². The minimum atomic E-state index is -3.46. The smallest absolute Gasteiger partial charge is 0.243 e. The molecule has 0 N–H and O–H groups in total. The first-order valence-electron chi connectivity index (χ1n) is 7.78. The Morgan fingerprint density at radius 1 is 1.17 bits per heavy atom. The standard InChI is InChI=1S/C16H21N3O4S/c1-13-11-14(17-23-13)12-18-7-9-19(10-8-18)24(20,21)16-5-3-15(22-2)4-6-16/h3-6,11H,7-10,12H2,1-2H3. The predicted molar refractivity (Wildman–Crippen MR) is 88.3 cm³/mol. The molecule has 1 aromatic carbocycles. The molecule has 7 nitrogen and oxygen atoms in total. The van der Waals surface area contributed by atoms with Crippen LogP contribution in [-0.2, 0) is 16.6 Å². The van der Waals surface area contributed by atoms with E-state index in [1.807, 2.05) is 13.0 Å². The van der Waals surface area contributed by atoms with Gasteiger partial charge in [0.05, 0.1) is 17.7 Å². The van der Waals surface area contributed by atoms with Crippen LogP contribution in [0, 0.1) is 6.92 Å². The largest absolute Gasteiger partial charge is 0.497 e. The van der Waals surface area contributed by atoms with Gasteiger partial charge in [-0.3, -0.25) is 4.90 Å². The normalized spacial score (nSPS) is 17.1. The Morgan fingerprint density at radius 2 is 1.83 bits per heavy atom. The third-order valence-corrected chi connectivity index (χ3v) is 6.00. The third-order valence-electron chi connectivity index (χ3n) is 4.09. The summed E-state index contributed by atoms with van der Waals surface area (Å²) in [5, 5.41) is 3.98. The van der Waals surface area contributed by atoms with Gasteiger partial charge < -0.3 is 9.26 Å². The van der Waals surface area contributed by atoms with Crippen molar-refractivity contribution in [2.45, 2.75) is 18.4 Å². The van der Waals surface area contributed by atoms with E-state index in [0.29, 0.717) is 43.4 Å². The highest BCUT2D eigenvalue weighted by Crippen LogP contribution is 2.21. The van der Waals surface area contributed by atoms with Gasteiger partial charge in [0.1, 0.15) is 11.5 Å². The van der Waals surface area contributed by atoms with Gasteiger partial charge in [0, 0.05) is 38.8 Å². The van der Waals surface area contributed by atoms with Gasteiger partial charge in [-0.2, -0.15) is 4.31 Å². The second-order valence-corrected chi connectivity index (χ2v) is 7.72. The van der Waals surface area contributed by atoms with Gasteiger partial charge in [-0.1, -0.05) is 5.16 Å². The number of hydrogen-bond donors (Lipinski definition) is 0. The summed E-state index contributed by atoms with van der Waals surface area (Å²) in [5.74, 6) is 1.42. The van der Waals surface area contributed by atoms with E-state index in [-0.39, 0.29) is 0 Å². The van der Waals surface area contributed by atoms with E-state index in [0.717, 1.165) is 11.5 Å². The van der Waals surface area contributed by atoms with E-state index in [1.54, 1.807) is 31.4 Å². The zero-order valence-electron chi connectivity index (χ0n) is 13.8. The maximum absolute atomic E-state index is 12.7. The summed E-state index contributed by atoms with van der Waals surface area (Å²) in [7, 11) is -1.91. The molecule has 3 rings (SSSR count). The zero-order chi connectivity index (χ0) is 17.2. The molecule has 0 atom stereocenters. The van der Waals surface area contributed by atoms with Gasteiger partial charge >= 0.3 is 0 Å². The number of nitrogens with zero attached hydrogens (tertiary/aromatic N) is 3. The van der Waals surface area contributed by atoms with Crippen LogP contribution in [0.2, 0.25) is 0 Å². The molecule has 1 fully saturated rings. The number of sulfonamides is 1. The van der Waals surface area contributed by atoms with E-state index >= 15 is 0 Å². The molecular formula is C16H21N3O4S. The summed E-state index contributed by atoms with van der Waals surface area (Å²) < 4.78 is 37.1. The van der Waals surface area contributed by atoms with Gasteiger partial charge in [0.15, 0.2) is 0 Å². The maximum atomic E-state index is 12.7. The molecule has 0 spiro atoms. The average molecular weight is 351 g/mol. The molecular weight excluding hydrogens is 330 g/mol. The minimum Gasteiger partial charge on any atom is -0.497 e. The maximum Gasteiger partial charge on any atom is 0.243 e. The summed E-state index contributed by atoms with van der Waals surface area (Å²) in [6.07, 6.45) is 0. The van der Waals surface area contributed by atoms with Gasteiger partial charge in [-0.05, 0) is 31.2 Å². The summed E-state index contributed by atoms with van der Waals surface area (Å²) >= 11 is 0. The third kappa shape index (κ3) is 3.61. The van der Waals surface area contributed by atoms with Crippen molar-refractivity contribution in [1.82, 2.24) is 14.4 Å². The summed E-state index contributed by atoms with van der Waals surface area (Å²) in [5.41, 5.74) is 0.874. The second kappa shape index (κ2) is 6.92. The summed E-state index contributed by atoms with van der Waals surface area (Å²) in [6, 6.07) is 8.39. The van der Waals surface area contributed by atoms with Crippen LogP contribution in [0.15, 0.2) is 39.8 Å². The fourth-order valence-electron chi connectivity index (χ4n) is 2.75. The molecule has 0 unspecified atom stereocenters. The van der Waals surface area contributed by atoms with Crippen LogP contribution < -0.4 is 4.74 Å². The lowest BCUT2D eigenvalue weighted by molar-refractivity contribution is 0.177. The van der Waals surface area contributed by atoms with Crippen LogP contribution in [0.3, 0.4) is 0 Å². The minimum absolute atomic E-state index is 0.295. The molecule has 0 amide bonds. The van der Waals surface area contributed by atoms with Crippen LogP contribution in [0.5, 0.6) is 5.75 Å². The lowest BCUT2D eigenvalue weighted by Crippen LogP contribution is -2.48. The van der Waals surface area contributed by atoms with Crippen LogP contribution >= 0.6 is 0 Å². The number of benzene rings is 1. The molecule has 2 heterocycles. The zero-order valence-corrected chi connectivity index (χ0v) is 14.6. The highest BCUT2D eigenvalue weighted by molar-refractivity contribution is 7.89. The molecule has 1 aliphatic heterocycles. The monoisotopic (exact) mass is 351 g/mol. The summed E-state index contributed by atoms with van der Waals surface area (Å²) in [6.45, 7) is 4.79. The topological polar surface area (TPSA) is 75.9 Å². The Balaban J connectivity index is 1.62. The molecule has 24 heavy (non-hydrogen) atoms. The summed E-state index contributed by atoms with van der Waals surface area (Å²) in [4.78, 5) is 2.47. The quantitative estimate of drug-likeness (QED) is 0.812. The van der Waals surface area contributed by atoms with E-state index in [1.165, 1.54) is 4.31 Å². The van der Waals surface area contributed by atoms with Crippen molar-refractivity contribution in [3.05, 3.63) is 41.8 Å². The Labute approximate surface area is 141 Å². The molecule has 0 radical (unpaired) electrons. The number of hydrogen-bond acceptors (Lipinski definition) is 6. The number of ether oxygens (including phenoxy) is 1. The molecule has 1 aliphatic rings. The van der Waals surface area contributed by atoms with E-state index in [2.05, 4.69) is 10.1 Å². The number of methoxy groups -OCH3 is 1. The molecule has 2 aromatic rings. The van der Waals surface area contributed by atoms with Crippen LogP contribution in [0.1, 0.15) is 11.5 Å². The molecule has 1 saturated heterocycles. The van der Waals surface area contributed by atoms with Crippen molar-refractivity contribution >= 4 is 10.0 Å². The van der Waals surface area contributed by atoms with Gasteiger partial charge in [-0.15, -0.1) is 0 Å². The highest BCUT2D eigenvalue weighted by atomic mass is 32.2.